The van der Waals surface area contributed by atoms with Crippen LogP contribution in [0.3, 0.4) is 0 Å². The minimum Gasteiger partial charge on any atom is -0.310 e. The average Bonchev–Trinajstić information content (AvgIpc) is 0.754. The highest BCUT2D eigenvalue weighted by Gasteiger charge is 2.46. The van der Waals surface area contributed by atoms with E-state index < -0.39 is 43.0 Å². The van der Waals surface area contributed by atoms with Gasteiger partial charge in [0, 0.05) is 55.4 Å². The maximum absolute atomic E-state index is 12.6. The molecule has 0 amide bonds. The van der Waals surface area contributed by atoms with Crippen LogP contribution in [0.2, 0.25) is 0 Å². The van der Waals surface area contributed by atoms with Crippen LogP contribution in [0.15, 0.2) is 273 Å². The van der Waals surface area contributed by atoms with Crippen molar-refractivity contribution < 1.29 is 13.7 Å². The van der Waals surface area contributed by atoms with Gasteiger partial charge >= 0.3 is 0 Å². The lowest BCUT2D eigenvalue weighted by Crippen LogP contribution is -2.61. The molecule has 0 bridgehead atoms. The molecule has 0 N–H and O–H groups in total. The van der Waals surface area contributed by atoms with Crippen molar-refractivity contribution in [2.45, 2.75) is 105 Å². The monoisotopic (exact) mass is 1340 g/mol. The van der Waals surface area contributed by atoms with Gasteiger partial charge in [0.1, 0.15) is 11.6 Å². The molecule has 103 heavy (non-hydrogen) atoms. The highest BCUT2D eigenvalue weighted by molar-refractivity contribution is 7.00. The van der Waals surface area contributed by atoms with Gasteiger partial charge in [-0.05, 0) is 197 Å². The Hall–Kier alpha value is -11.9. The van der Waals surface area contributed by atoms with Crippen LogP contribution < -0.4 is 26.2 Å². The topological polar surface area (TPSA) is 63.9 Å². The van der Waals surface area contributed by atoms with Gasteiger partial charge in [0.05, 0.1) is 70.2 Å². The van der Waals surface area contributed by atoms with Crippen LogP contribution in [0.4, 0.5) is 34.1 Å². The van der Waals surface area contributed by atoms with E-state index in [1.54, 1.807) is 6.07 Å². The maximum Gasteiger partial charge on any atom is 0.252 e. The second-order valence-corrected chi connectivity index (χ2v) is 31.7. The number of hydrogen-bond donors (Lipinski definition) is 0. The lowest BCUT2D eigenvalue weighted by atomic mass is 9.33. The molecule has 2 aliphatic rings. The molecule has 0 saturated carbocycles. The Morgan fingerprint density at radius 1 is 0.330 bits per heavy atom. The summed E-state index contributed by atoms with van der Waals surface area (Å²) in [6, 6.07) is 73.5. The fourth-order valence-electron chi connectivity index (χ4n) is 15.8. The van der Waals surface area contributed by atoms with Gasteiger partial charge in [0.25, 0.3) is 6.71 Å². The third kappa shape index (κ3) is 10.7. The van der Waals surface area contributed by atoms with E-state index in [-0.39, 0.29) is 62.5 Å². The Balaban J connectivity index is 1.10. The molecule has 0 fully saturated rings. The molecule has 0 unspecified atom stereocenters. The summed E-state index contributed by atoms with van der Waals surface area (Å²) in [5.41, 5.74) is 19.2. The van der Waals surface area contributed by atoms with Crippen LogP contribution in [0, 0.1) is 22.7 Å². The molecule has 15 aromatic rings. The summed E-state index contributed by atoms with van der Waals surface area (Å²) in [5, 5.41) is 27.0. The highest BCUT2D eigenvalue weighted by Crippen LogP contribution is 2.54. The fourth-order valence-corrected chi connectivity index (χ4v) is 15.8. The van der Waals surface area contributed by atoms with Gasteiger partial charge in [-0.3, -0.25) is 0 Å². The summed E-state index contributed by atoms with van der Waals surface area (Å²) in [7, 11) is 0. The Kier molecular flexibility index (Phi) is 12.5. The molecular formula is C96H81BN6. The molecule has 2 aliphatic heterocycles. The molecule has 0 spiro atoms. The lowest BCUT2D eigenvalue weighted by Gasteiger charge is -2.45. The summed E-state index contributed by atoms with van der Waals surface area (Å²) < 4.78 is 97.2. The van der Waals surface area contributed by atoms with Crippen molar-refractivity contribution in [1.82, 2.24) is 9.13 Å². The first-order chi connectivity index (χ1) is 53.7. The van der Waals surface area contributed by atoms with Crippen LogP contribution in [0.1, 0.15) is 130 Å². The summed E-state index contributed by atoms with van der Waals surface area (Å²) >= 11 is 0. The zero-order valence-electron chi connectivity index (χ0n) is 70.0. The summed E-state index contributed by atoms with van der Waals surface area (Å²) in [6.07, 6.45) is 0. The van der Waals surface area contributed by atoms with Gasteiger partial charge in [-0.2, -0.15) is 10.5 Å². The van der Waals surface area contributed by atoms with Crippen molar-refractivity contribution in [3.63, 3.8) is 0 Å². The Morgan fingerprint density at radius 3 is 1.21 bits per heavy atom. The molecule has 6 nitrogen and oxygen atoms in total. The third-order valence-electron chi connectivity index (χ3n) is 21.1. The molecule has 0 atom stereocenters. The molecule has 17 rings (SSSR count). The Bertz CT molecular complexity index is 6530. The highest BCUT2D eigenvalue weighted by atomic mass is 15.2. The molecule has 0 aliphatic carbocycles. The largest absolute Gasteiger partial charge is 0.310 e. The standard InChI is InChI=1S/C96H81BN6/c1-93(2,3)67-39-45-83-76(52-67)77-53-68(94(4,5)6)40-46-84(77)100(83)71-56-89-91-90(57-71)103(92-72(63-30-21-15-22-31-63)54-70(96(10,11)12)55-73(92)64-32-23-16-24-33-64)88-50-66(62-28-19-14-20-29-62)38-43-80(88)97(91)79-42-37-65(61-26-17-13-18-27-61)49-87(79)102(89)82-35-25-34-81(78(82)59-99)101-85-44-36-60(58-98)48-74(85)75-51-69(95(7,8)9)41-47-86(75)101/h13-57H,1-12H3/i13D,14D,17D,18D,19D,20D,26D,27D,28D,29D. The second-order valence-electron chi connectivity index (χ2n) is 31.7. The summed E-state index contributed by atoms with van der Waals surface area (Å²) in [6.45, 7) is 25.8. The fraction of sp³-hybridized carbons (Fsp3) is 0.167. The van der Waals surface area contributed by atoms with Crippen LogP contribution in [-0.2, 0) is 21.7 Å². The molecule has 0 saturated heterocycles. The Morgan fingerprint density at radius 2 is 0.757 bits per heavy atom. The van der Waals surface area contributed by atoms with E-state index in [1.807, 2.05) is 103 Å². The van der Waals surface area contributed by atoms with Gasteiger partial charge in [-0.15, -0.1) is 0 Å². The van der Waals surface area contributed by atoms with Crippen LogP contribution in [-0.4, -0.2) is 15.8 Å². The van der Waals surface area contributed by atoms with E-state index in [1.165, 1.54) is 0 Å². The van der Waals surface area contributed by atoms with E-state index in [9.17, 15) is 16.0 Å². The first-order valence-electron chi connectivity index (χ1n) is 40.3. The Labute approximate surface area is 619 Å². The molecule has 13 aromatic carbocycles. The quantitative estimate of drug-likeness (QED) is 0.142. The number of hydrogen-bond acceptors (Lipinski definition) is 4. The van der Waals surface area contributed by atoms with Crippen LogP contribution >= 0.6 is 0 Å². The van der Waals surface area contributed by atoms with E-state index in [2.05, 4.69) is 217 Å². The minimum absolute atomic E-state index is 0.0153. The van der Waals surface area contributed by atoms with Crippen LogP contribution in [0.25, 0.3) is 99.5 Å². The first kappa shape index (κ1) is 53.9. The number of benzene rings is 13. The molecule has 0 radical (unpaired) electrons. The summed E-state index contributed by atoms with van der Waals surface area (Å²) in [4.78, 5) is 4.47. The van der Waals surface area contributed by atoms with E-state index >= 15 is 0 Å². The van der Waals surface area contributed by atoms with Gasteiger partial charge in [0.15, 0.2) is 0 Å². The molecule has 7 heteroatoms. The van der Waals surface area contributed by atoms with Crippen molar-refractivity contribution in [3.8, 4) is 68.0 Å². The third-order valence-corrected chi connectivity index (χ3v) is 21.1. The number of aromatic nitrogens is 2. The molecular weight excluding hydrogens is 1250 g/mol. The second kappa shape index (κ2) is 23.9. The number of nitriles is 2. The number of fused-ring (bicyclic) bond motifs is 10. The van der Waals surface area contributed by atoms with Gasteiger partial charge in [0.2, 0.25) is 0 Å². The lowest BCUT2D eigenvalue weighted by molar-refractivity contribution is 0.590. The normalized spacial score (nSPS) is 14.3. The number of anilines is 6. The molecule has 2 aromatic heterocycles. The zero-order chi connectivity index (χ0) is 79.9. The van der Waals surface area contributed by atoms with Crippen molar-refractivity contribution in [2.75, 3.05) is 9.80 Å². The first-order valence-corrected chi connectivity index (χ1v) is 35.3. The smallest absolute Gasteiger partial charge is 0.252 e. The minimum atomic E-state index is -0.733. The van der Waals surface area contributed by atoms with Crippen LogP contribution in [0.5, 0.6) is 0 Å². The zero-order valence-corrected chi connectivity index (χ0v) is 60.0. The van der Waals surface area contributed by atoms with Gasteiger partial charge in [-0.25, -0.2) is 0 Å². The van der Waals surface area contributed by atoms with E-state index in [0.717, 1.165) is 116 Å². The van der Waals surface area contributed by atoms with E-state index in [0.29, 0.717) is 50.8 Å². The number of nitrogens with zero attached hydrogens (tertiary/aromatic N) is 6. The van der Waals surface area contributed by atoms with Crippen molar-refractivity contribution >= 4 is 101 Å². The average molecular weight is 1340 g/mol. The van der Waals surface area contributed by atoms with Gasteiger partial charge < -0.3 is 18.9 Å². The van der Waals surface area contributed by atoms with Crippen molar-refractivity contribution in [2.24, 2.45) is 0 Å². The number of rotatable bonds is 8. The predicted molar refractivity (Wildman–Crippen MR) is 435 cm³/mol. The SMILES string of the molecule is [2H]c1c([2H])c([2H])c(-c2ccc3c(c2)N(c2cccc(-n4c5ccc(C#N)cc5c5cc(C(C)(C)C)ccc54)c2C#N)c2cc(-n4c5ccc(C(C)(C)C)cc5c5cc(C(C)(C)C)ccc54)cc4c2B3c2ccc(-c3c([2H])c([2H])c([2H])c([2H])c3[2H])cc2N4c2c(-c3ccccc3)cc(C(C)(C)C)cc2-c2ccccc2)c([2H])c1[2H]. The molecule has 498 valence electrons. The van der Waals surface area contributed by atoms with Crippen molar-refractivity contribution in [3.05, 3.63) is 306 Å². The predicted octanol–water partition coefficient (Wildman–Crippen LogP) is 23.6. The van der Waals surface area contributed by atoms with E-state index in [4.69, 9.17) is 8.22 Å². The molecule has 4 heterocycles. The van der Waals surface area contributed by atoms with Gasteiger partial charge in [-0.1, -0.05) is 253 Å². The summed E-state index contributed by atoms with van der Waals surface area (Å²) in [5.74, 6) is 0. The van der Waals surface area contributed by atoms with Crippen molar-refractivity contribution in [1.29, 1.82) is 10.5 Å². The maximum atomic E-state index is 12.6.